The van der Waals surface area contributed by atoms with Crippen LogP contribution in [-0.2, 0) is 9.84 Å². The maximum absolute atomic E-state index is 13.5. The highest BCUT2D eigenvalue weighted by Crippen LogP contribution is 2.27. The van der Waals surface area contributed by atoms with Gasteiger partial charge < -0.3 is 9.80 Å². The average Bonchev–Trinajstić information content (AvgIpc) is 2.67. The Hall–Kier alpha value is -2.51. The molecule has 140 valence electrons. The number of pyridine rings is 1. The van der Waals surface area contributed by atoms with Crippen molar-refractivity contribution in [3.8, 4) is 0 Å². The monoisotopic (exact) mass is 385 g/mol. The molecule has 1 aliphatic heterocycles. The van der Waals surface area contributed by atoms with E-state index in [0.29, 0.717) is 0 Å². The van der Waals surface area contributed by atoms with Crippen molar-refractivity contribution in [2.75, 3.05) is 38.1 Å². The maximum atomic E-state index is 13.5. The number of fused-ring (bicyclic) bond motifs is 1. The third-order valence-electron chi connectivity index (χ3n) is 4.92. The van der Waals surface area contributed by atoms with Gasteiger partial charge in [-0.05, 0) is 49.5 Å². The Bertz CT molecular complexity index is 1090. The van der Waals surface area contributed by atoms with E-state index in [-0.39, 0.29) is 9.79 Å². The van der Waals surface area contributed by atoms with Crippen LogP contribution < -0.4 is 4.90 Å². The molecule has 0 bridgehead atoms. The second-order valence-electron chi connectivity index (χ2n) is 6.80. The van der Waals surface area contributed by atoms with Gasteiger partial charge in [0.25, 0.3) is 0 Å². The molecule has 2 heterocycles. The molecule has 0 radical (unpaired) electrons. The van der Waals surface area contributed by atoms with Gasteiger partial charge in [-0.1, -0.05) is 6.07 Å². The van der Waals surface area contributed by atoms with Crippen LogP contribution in [0.1, 0.15) is 0 Å². The molecule has 4 rings (SSSR count). The summed E-state index contributed by atoms with van der Waals surface area (Å²) in [5.41, 5.74) is 1.78. The summed E-state index contributed by atoms with van der Waals surface area (Å²) in [4.78, 5) is 8.85. The predicted octanol–water partition coefficient (Wildman–Crippen LogP) is 2.96. The van der Waals surface area contributed by atoms with Crippen LogP contribution in [0.4, 0.5) is 10.1 Å². The fourth-order valence-electron chi connectivity index (χ4n) is 3.28. The number of halogens is 1. The smallest absolute Gasteiger partial charge is 0.208 e. The van der Waals surface area contributed by atoms with Crippen LogP contribution in [0.5, 0.6) is 0 Å². The zero-order valence-electron chi connectivity index (χ0n) is 15.0. The van der Waals surface area contributed by atoms with E-state index in [2.05, 4.69) is 21.8 Å². The Morgan fingerprint density at radius 2 is 1.74 bits per heavy atom. The summed E-state index contributed by atoms with van der Waals surface area (Å²) >= 11 is 0. The van der Waals surface area contributed by atoms with Gasteiger partial charge in [0.15, 0.2) is 0 Å². The summed E-state index contributed by atoms with van der Waals surface area (Å²) in [6, 6.07) is 12.5. The quantitative estimate of drug-likeness (QED) is 0.694. The standard InChI is InChI=1S/C20H20FN3O2S/c1-23-7-9-24(10-8-23)17-5-6-20-15(11-17)12-19(14-22-20)27(25,26)18-4-2-3-16(21)13-18/h2-6,11-14H,7-10H2,1H3. The molecule has 3 aromatic rings. The van der Waals surface area contributed by atoms with Crippen molar-refractivity contribution in [2.45, 2.75) is 9.79 Å². The van der Waals surface area contributed by atoms with Crippen LogP contribution >= 0.6 is 0 Å². The average molecular weight is 385 g/mol. The second-order valence-corrected chi connectivity index (χ2v) is 8.75. The van der Waals surface area contributed by atoms with Crippen LogP contribution in [-0.4, -0.2) is 51.5 Å². The van der Waals surface area contributed by atoms with Gasteiger partial charge in [0.05, 0.1) is 15.3 Å². The van der Waals surface area contributed by atoms with Crippen molar-refractivity contribution < 1.29 is 12.8 Å². The summed E-state index contributed by atoms with van der Waals surface area (Å²) in [5, 5.41) is 0.754. The van der Waals surface area contributed by atoms with Crippen LogP contribution in [0.3, 0.4) is 0 Å². The lowest BCUT2D eigenvalue weighted by Gasteiger charge is -2.34. The second kappa shape index (κ2) is 6.90. The molecule has 1 fully saturated rings. The first-order chi connectivity index (χ1) is 12.9. The van der Waals surface area contributed by atoms with E-state index in [9.17, 15) is 12.8 Å². The maximum Gasteiger partial charge on any atom is 0.208 e. The highest BCUT2D eigenvalue weighted by molar-refractivity contribution is 7.91. The highest BCUT2D eigenvalue weighted by Gasteiger charge is 2.20. The third-order valence-corrected chi connectivity index (χ3v) is 6.64. The normalized spacial score (nSPS) is 16.0. The molecule has 5 nitrogen and oxygen atoms in total. The fourth-order valence-corrected chi connectivity index (χ4v) is 4.55. The summed E-state index contributed by atoms with van der Waals surface area (Å²) in [6.07, 6.45) is 1.33. The molecule has 0 aliphatic carbocycles. The van der Waals surface area contributed by atoms with E-state index in [1.807, 2.05) is 18.2 Å². The number of anilines is 1. The van der Waals surface area contributed by atoms with Crippen molar-refractivity contribution in [3.63, 3.8) is 0 Å². The largest absolute Gasteiger partial charge is 0.369 e. The topological polar surface area (TPSA) is 53.5 Å². The minimum atomic E-state index is -3.82. The minimum absolute atomic E-state index is 0.0659. The van der Waals surface area contributed by atoms with Gasteiger partial charge in [0.1, 0.15) is 5.82 Å². The Morgan fingerprint density at radius 3 is 2.48 bits per heavy atom. The van der Waals surface area contributed by atoms with Crippen molar-refractivity contribution in [3.05, 3.63) is 60.5 Å². The van der Waals surface area contributed by atoms with Gasteiger partial charge in [-0.25, -0.2) is 12.8 Å². The number of hydrogen-bond donors (Lipinski definition) is 0. The number of rotatable bonds is 3. The van der Waals surface area contributed by atoms with Gasteiger partial charge >= 0.3 is 0 Å². The van der Waals surface area contributed by atoms with E-state index in [0.717, 1.165) is 48.8 Å². The SMILES string of the molecule is CN1CCN(c2ccc3ncc(S(=O)(=O)c4cccc(F)c4)cc3c2)CC1. The van der Waals surface area contributed by atoms with E-state index in [4.69, 9.17) is 0 Å². The zero-order chi connectivity index (χ0) is 19.0. The van der Waals surface area contributed by atoms with E-state index in [1.165, 1.54) is 24.4 Å². The Morgan fingerprint density at radius 1 is 0.963 bits per heavy atom. The number of hydrogen-bond acceptors (Lipinski definition) is 5. The molecule has 27 heavy (non-hydrogen) atoms. The lowest BCUT2D eigenvalue weighted by atomic mass is 10.1. The lowest BCUT2D eigenvalue weighted by molar-refractivity contribution is 0.313. The molecular formula is C20H20FN3O2S. The predicted molar refractivity (Wildman–Crippen MR) is 103 cm³/mol. The molecule has 0 unspecified atom stereocenters. The van der Waals surface area contributed by atoms with Gasteiger partial charge in [0.2, 0.25) is 9.84 Å². The molecule has 0 saturated carbocycles. The van der Waals surface area contributed by atoms with Crippen molar-refractivity contribution in [1.29, 1.82) is 0 Å². The first-order valence-electron chi connectivity index (χ1n) is 8.77. The van der Waals surface area contributed by atoms with Crippen LogP contribution in [0, 0.1) is 5.82 Å². The number of likely N-dealkylation sites (N-methyl/N-ethyl adjacent to an activating group) is 1. The third kappa shape index (κ3) is 3.52. The number of sulfone groups is 1. The Balaban J connectivity index is 1.73. The molecule has 0 N–H and O–H groups in total. The Kier molecular flexibility index (Phi) is 4.57. The molecule has 0 atom stereocenters. The highest BCUT2D eigenvalue weighted by atomic mass is 32.2. The number of aromatic nitrogens is 1. The minimum Gasteiger partial charge on any atom is -0.369 e. The van der Waals surface area contributed by atoms with E-state index >= 15 is 0 Å². The lowest BCUT2D eigenvalue weighted by Crippen LogP contribution is -2.44. The molecule has 1 aliphatic rings. The molecular weight excluding hydrogens is 365 g/mol. The van der Waals surface area contributed by atoms with Crippen LogP contribution in [0.15, 0.2) is 64.5 Å². The summed E-state index contributed by atoms with van der Waals surface area (Å²) < 4.78 is 39.1. The van der Waals surface area contributed by atoms with E-state index < -0.39 is 15.7 Å². The summed E-state index contributed by atoms with van der Waals surface area (Å²) in [7, 11) is -1.72. The van der Waals surface area contributed by atoms with Crippen molar-refractivity contribution in [1.82, 2.24) is 9.88 Å². The van der Waals surface area contributed by atoms with Gasteiger partial charge in [-0.15, -0.1) is 0 Å². The van der Waals surface area contributed by atoms with E-state index in [1.54, 1.807) is 6.07 Å². The summed E-state index contributed by atoms with van der Waals surface area (Å²) in [5.74, 6) is -0.581. The molecule has 2 aromatic carbocycles. The van der Waals surface area contributed by atoms with Gasteiger partial charge in [-0.3, -0.25) is 4.98 Å². The number of nitrogens with zero attached hydrogens (tertiary/aromatic N) is 3. The fraction of sp³-hybridized carbons (Fsp3) is 0.250. The van der Waals surface area contributed by atoms with Gasteiger partial charge in [0, 0.05) is 43.4 Å². The summed E-state index contributed by atoms with van der Waals surface area (Å²) in [6.45, 7) is 3.84. The van der Waals surface area contributed by atoms with Crippen molar-refractivity contribution >= 4 is 26.4 Å². The molecule has 1 aromatic heterocycles. The van der Waals surface area contributed by atoms with Gasteiger partial charge in [-0.2, -0.15) is 0 Å². The van der Waals surface area contributed by atoms with Crippen molar-refractivity contribution in [2.24, 2.45) is 0 Å². The first-order valence-corrected chi connectivity index (χ1v) is 10.3. The number of benzene rings is 2. The molecule has 7 heteroatoms. The van der Waals surface area contributed by atoms with Crippen LogP contribution in [0.25, 0.3) is 10.9 Å². The number of piperazine rings is 1. The zero-order valence-corrected chi connectivity index (χ0v) is 15.8. The van der Waals surface area contributed by atoms with Crippen LogP contribution in [0.2, 0.25) is 0 Å². The molecule has 1 saturated heterocycles. The Labute approximate surface area is 158 Å². The molecule has 0 spiro atoms. The first kappa shape index (κ1) is 17.9. The molecule has 0 amide bonds.